The standard InChI is InChI=1S/C19H16N4O2S/c1-9-13(8-20)18(21)23-16-15-12(10-4-3-5-11(6-10)25-2)7-14(24)22-19(15)26-17(9)16/h3-6,12H,7H2,1-2H3,(H2,21,23)(H,22,24). The smallest absolute Gasteiger partial charge is 0.225 e. The van der Waals surface area contributed by atoms with Crippen LogP contribution in [0.3, 0.4) is 0 Å². The molecule has 1 aromatic carbocycles. The molecule has 7 heteroatoms. The summed E-state index contributed by atoms with van der Waals surface area (Å²) < 4.78 is 6.21. The minimum atomic E-state index is -0.137. The van der Waals surface area contributed by atoms with Crippen LogP contribution in [-0.2, 0) is 4.79 Å². The molecule has 1 amide bonds. The predicted molar refractivity (Wildman–Crippen MR) is 102 cm³/mol. The molecule has 0 saturated heterocycles. The number of carbonyl (C=O) groups excluding carboxylic acids is 1. The number of carbonyl (C=O) groups is 1. The maximum Gasteiger partial charge on any atom is 0.225 e. The monoisotopic (exact) mass is 364 g/mol. The number of nitrogens with two attached hydrogens (primary N) is 1. The van der Waals surface area contributed by atoms with Crippen LogP contribution in [0.25, 0.3) is 10.2 Å². The first-order chi connectivity index (χ1) is 12.5. The summed E-state index contributed by atoms with van der Waals surface area (Å²) in [7, 11) is 1.62. The summed E-state index contributed by atoms with van der Waals surface area (Å²) in [5.74, 6) is 0.786. The van der Waals surface area contributed by atoms with Crippen molar-refractivity contribution in [2.75, 3.05) is 18.2 Å². The van der Waals surface area contributed by atoms with Crippen molar-refractivity contribution < 1.29 is 9.53 Å². The minimum Gasteiger partial charge on any atom is -0.497 e. The average Bonchev–Trinajstić information content (AvgIpc) is 2.99. The SMILES string of the molecule is COc1cccc(C2CC(=O)Nc3sc4c(C)c(C#N)c(N)nc4c32)c1. The minimum absolute atomic E-state index is 0.0389. The molecule has 1 unspecified atom stereocenters. The number of aryl methyl sites for hydroxylation is 1. The zero-order chi connectivity index (χ0) is 18.4. The third kappa shape index (κ3) is 2.38. The Morgan fingerprint density at radius 3 is 3.00 bits per heavy atom. The van der Waals surface area contributed by atoms with Gasteiger partial charge >= 0.3 is 0 Å². The highest BCUT2D eigenvalue weighted by molar-refractivity contribution is 7.23. The van der Waals surface area contributed by atoms with E-state index < -0.39 is 0 Å². The number of nitriles is 1. The number of fused-ring (bicyclic) bond motifs is 3. The number of nitrogen functional groups attached to an aromatic ring is 1. The Labute approximate surface area is 154 Å². The Hall–Kier alpha value is -3.11. The van der Waals surface area contributed by atoms with Gasteiger partial charge in [-0.15, -0.1) is 11.3 Å². The highest BCUT2D eigenvalue weighted by Crippen LogP contribution is 2.48. The molecule has 1 aliphatic rings. The summed E-state index contributed by atoms with van der Waals surface area (Å²) in [5.41, 5.74) is 9.90. The molecule has 0 fully saturated rings. The lowest BCUT2D eigenvalue weighted by atomic mass is 9.86. The van der Waals surface area contributed by atoms with Gasteiger partial charge in [0, 0.05) is 17.9 Å². The molecule has 26 heavy (non-hydrogen) atoms. The number of nitrogens with one attached hydrogen (secondary N) is 1. The zero-order valence-corrected chi connectivity index (χ0v) is 15.1. The van der Waals surface area contributed by atoms with Gasteiger partial charge < -0.3 is 15.8 Å². The van der Waals surface area contributed by atoms with E-state index in [1.165, 1.54) is 11.3 Å². The first kappa shape index (κ1) is 16.4. The van der Waals surface area contributed by atoms with Crippen molar-refractivity contribution in [1.29, 1.82) is 5.26 Å². The van der Waals surface area contributed by atoms with E-state index in [0.717, 1.165) is 37.7 Å². The van der Waals surface area contributed by atoms with Gasteiger partial charge in [0.1, 0.15) is 22.6 Å². The molecule has 130 valence electrons. The van der Waals surface area contributed by atoms with Crippen molar-refractivity contribution in [2.24, 2.45) is 0 Å². The third-order valence-electron chi connectivity index (χ3n) is 4.72. The molecule has 1 atom stereocenters. The fourth-order valence-electron chi connectivity index (χ4n) is 3.45. The van der Waals surface area contributed by atoms with Gasteiger partial charge in [-0.25, -0.2) is 4.98 Å². The molecule has 4 rings (SSSR count). The Morgan fingerprint density at radius 1 is 1.46 bits per heavy atom. The predicted octanol–water partition coefficient (Wildman–Crippen LogP) is 3.54. The van der Waals surface area contributed by atoms with Gasteiger partial charge in [0.15, 0.2) is 0 Å². The molecule has 6 nitrogen and oxygen atoms in total. The van der Waals surface area contributed by atoms with E-state index in [4.69, 9.17) is 10.5 Å². The van der Waals surface area contributed by atoms with E-state index in [0.29, 0.717) is 12.0 Å². The molecule has 3 heterocycles. The van der Waals surface area contributed by atoms with Crippen molar-refractivity contribution in [2.45, 2.75) is 19.3 Å². The van der Waals surface area contributed by atoms with Gasteiger partial charge in [-0.2, -0.15) is 5.26 Å². The van der Waals surface area contributed by atoms with Crippen LogP contribution >= 0.6 is 11.3 Å². The van der Waals surface area contributed by atoms with Gasteiger partial charge in [-0.05, 0) is 30.2 Å². The second-order valence-corrected chi connectivity index (χ2v) is 7.23. The first-order valence-corrected chi connectivity index (χ1v) is 8.91. The quantitative estimate of drug-likeness (QED) is 0.724. The van der Waals surface area contributed by atoms with Crippen LogP contribution < -0.4 is 15.8 Å². The lowest BCUT2D eigenvalue weighted by molar-refractivity contribution is -0.116. The van der Waals surface area contributed by atoms with Crippen LogP contribution in [0.15, 0.2) is 24.3 Å². The molecular weight excluding hydrogens is 348 g/mol. The van der Waals surface area contributed by atoms with Crippen LogP contribution in [0.4, 0.5) is 10.8 Å². The second kappa shape index (κ2) is 6.00. The molecule has 0 saturated carbocycles. The summed E-state index contributed by atoms with van der Waals surface area (Å²) >= 11 is 1.44. The summed E-state index contributed by atoms with van der Waals surface area (Å²) in [4.78, 5) is 16.8. The average molecular weight is 364 g/mol. The first-order valence-electron chi connectivity index (χ1n) is 8.09. The van der Waals surface area contributed by atoms with E-state index in [1.54, 1.807) is 7.11 Å². The molecule has 0 bridgehead atoms. The molecule has 1 aliphatic heterocycles. The maximum absolute atomic E-state index is 12.3. The van der Waals surface area contributed by atoms with Crippen molar-refractivity contribution in [1.82, 2.24) is 4.98 Å². The lowest BCUT2D eigenvalue weighted by Gasteiger charge is -2.23. The molecular formula is C19H16N4O2S. The van der Waals surface area contributed by atoms with Crippen LogP contribution in [-0.4, -0.2) is 18.0 Å². The number of rotatable bonds is 2. The lowest BCUT2D eigenvalue weighted by Crippen LogP contribution is -2.22. The van der Waals surface area contributed by atoms with Crippen molar-refractivity contribution in [3.63, 3.8) is 0 Å². The van der Waals surface area contributed by atoms with Gasteiger partial charge in [0.05, 0.1) is 22.9 Å². The molecule has 0 aliphatic carbocycles. The summed E-state index contributed by atoms with van der Waals surface area (Å²) in [6, 6.07) is 9.83. The fourth-order valence-corrected chi connectivity index (χ4v) is 4.67. The number of thiophene rings is 1. The van der Waals surface area contributed by atoms with Gasteiger partial charge in [-0.3, -0.25) is 4.79 Å². The third-order valence-corrected chi connectivity index (χ3v) is 5.95. The topological polar surface area (TPSA) is 101 Å². The number of anilines is 2. The van der Waals surface area contributed by atoms with Crippen molar-refractivity contribution >= 4 is 38.3 Å². The molecule has 0 radical (unpaired) electrons. The maximum atomic E-state index is 12.3. The Kier molecular flexibility index (Phi) is 3.78. The van der Waals surface area contributed by atoms with E-state index in [9.17, 15) is 10.1 Å². The molecule has 2 aromatic heterocycles. The largest absolute Gasteiger partial charge is 0.497 e. The Morgan fingerprint density at radius 2 is 2.27 bits per heavy atom. The number of hydrogen-bond acceptors (Lipinski definition) is 6. The van der Waals surface area contributed by atoms with Crippen molar-refractivity contribution in [3.05, 3.63) is 46.5 Å². The highest BCUT2D eigenvalue weighted by atomic mass is 32.1. The van der Waals surface area contributed by atoms with Gasteiger partial charge in [0.2, 0.25) is 5.91 Å². The number of nitrogens with zero attached hydrogens (tertiary/aromatic N) is 2. The summed E-state index contributed by atoms with van der Waals surface area (Å²) in [6.07, 6.45) is 0.326. The molecule has 3 N–H and O–H groups in total. The van der Waals surface area contributed by atoms with Crippen LogP contribution in [0.5, 0.6) is 5.75 Å². The Balaban J connectivity index is 1.99. The number of methoxy groups -OCH3 is 1. The molecule has 0 spiro atoms. The number of ether oxygens (including phenoxy) is 1. The van der Waals surface area contributed by atoms with Crippen molar-refractivity contribution in [3.8, 4) is 11.8 Å². The zero-order valence-electron chi connectivity index (χ0n) is 14.3. The van der Waals surface area contributed by atoms with Crippen LogP contribution in [0.2, 0.25) is 0 Å². The highest BCUT2D eigenvalue weighted by Gasteiger charge is 2.32. The number of pyridine rings is 1. The normalized spacial score (nSPS) is 16.0. The van der Waals surface area contributed by atoms with E-state index in [1.807, 2.05) is 31.2 Å². The number of benzene rings is 1. The van der Waals surface area contributed by atoms with Gasteiger partial charge in [-0.1, -0.05) is 12.1 Å². The number of amides is 1. The van der Waals surface area contributed by atoms with E-state index in [-0.39, 0.29) is 17.6 Å². The van der Waals surface area contributed by atoms with Gasteiger partial charge in [0.25, 0.3) is 0 Å². The van der Waals surface area contributed by atoms with E-state index >= 15 is 0 Å². The van der Waals surface area contributed by atoms with E-state index in [2.05, 4.69) is 16.4 Å². The number of hydrogen-bond donors (Lipinski definition) is 2. The Bertz CT molecular complexity index is 1100. The summed E-state index contributed by atoms with van der Waals surface area (Å²) in [5, 5.41) is 13.1. The number of aromatic nitrogens is 1. The van der Waals surface area contributed by atoms with Crippen LogP contribution in [0, 0.1) is 18.3 Å². The fraction of sp³-hybridized carbons (Fsp3) is 0.211. The van der Waals surface area contributed by atoms with Crippen LogP contribution in [0.1, 0.15) is 34.6 Å². The second-order valence-electron chi connectivity index (χ2n) is 6.21. The molecule has 3 aromatic rings. The summed E-state index contributed by atoms with van der Waals surface area (Å²) in [6.45, 7) is 1.86.